The molecule has 1 aromatic heterocycles. The van der Waals surface area contributed by atoms with Crippen LogP contribution in [0.2, 0.25) is 0 Å². The summed E-state index contributed by atoms with van der Waals surface area (Å²) in [5.41, 5.74) is 3.99. The van der Waals surface area contributed by atoms with Crippen LogP contribution < -0.4 is 10.6 Å². The highest BCUT2D eigenvalue weighted by Crippen LogP contribution is 2.24. The number of nitrogens with zero attached hydrogens (tertiary/aromatic N) is 1. The monoisotopic (exact) mass is 359 g/mol. The van der Waals surface area contributed by atoms with Gasteiger partial charge in [0.25, 0.3) is 5.91 Å². The van der Waals surface area contributed by atoms with E-state index in [1.807, 2.05) is 48.5 Å². The van der Waals surface area contributed by atoms with Gasteiger partial charge in [-0.1, -0.05) is 63.2 Å². The zero-order chi connectivity index (χ0) is 19.3. The third-order valence-electron chi connectivity index (χ3n) is 4.34. The molecule has 2 N–H and O–H groups in total. The molecule has 0 aliphatic heterocycles. The Balaban J connectivity index is 1.59. The third-order valence-corrected chi connectivity index (χ3v) is 4.34. The molecule has 0 fully saturated rings. The van der Waals surface area contributed by atoms with Crippen molar-refractivity contribution < 1.29 is 4.79 Å². The molecule has 0 radical (unpaired) electrons. The average Bonchev–Trinajstić information content (AvgIpc) is 2.67. The summed E-state index contributed by atoms with van der Waals surface area (Å²) in [6, 6.07) is 21.8. The largest absolute Gasteiger partial charge is 0.348 e. The van der Waals surface area contributed by atoms with Crippen LogP contribution >= 0.6 is 0 Å². The Bertz CT molecular complexity index is 880. The van der Waals surface area contributed by atoms with Gasteiger partial charge in [0.05, 0.1) is 5.56 Å². The van der Waals surface area contributed by atoms with E-state index < -0.39 is 0 Å². The summed E-state index contributed by atoms with van der Waals surface area (Å²) in [5, 5.41) is 6.17. The van der Waals surface area contributed by atoms with Crippen LogP contribution in [0.1, 0.15) is 42.3 Å². The van der Waals surface area contributed by atoms with Gasteiger partial charge in [-0.05, 0) is 40.8 Å². The van der Waals surface area contributed by atoms with Gasteiger partial charge >= 0.3 is 0 Å². The van der Waals surface area contributed by atoms with Gasteiger partial charge in [-0.15, -0.1) is 0 Å². The molecule has 0 spiro atoms. The molecular formula is C23H25N3O. The van der Waals surface area contributed by atoms with E-state index in [0.29, 0.717) is 17.9 Å². The Morgan fingerprint density at radius 2 is 1.63 bits per heavy atom. The van der Waals surface area contributed by atoms with Gasteiger partial charge in [-0.3, -0.25) is 4.79 Å². The molecule has 4 heteroatoms. The van der Waals surface area contributed by atoms with Crippen LogP contribution in [0.25, 0.3) is 0 Å². The number of rotatable bonds is 5. The zero-order valence-electron chi connectivity index (χ0n) is 16.0. The summed E-state index contributed by atoms with van der Waals surface area (Å²) in [5.74, 6) is 0.575. The fourth-order valence-electron chi connectivity index (χ4n) is 2.68. The van der Waals surface area contributed by atoms with Crippen molar-refractivity contribution in [3.63, 3.8) is 0 Å². The number of carbonyl (C=O) groups excluding carboxylic acids is 1. The lowest BCUT2D eigenvalue weighted by molar-refractivity contribution is 0.0950. The Morgan fingerprint density at radius 3 is 2.22 bits per heavy atom. The number of aromatic nitrogens is 1. The van der Waals surface area contributed by atoms with Gasteiger partial charge in [0.2, 0.25) is 0 Å². The Hall–Kier alpha value is -3.14. The van der Waals surface area contributed by atoms with E-state index >= 15 is 0 Å². The van der Waals surface area contributed by atoms with Crippen LogP contribution in [0.5, 0.6) is 0 Å². The molecular weight excluding hydrogens is 334 g/mol. The molecule has 0 unspecified atom stereocenters. The van der Waals surface area contributed by atoms with Gasteiger partial charge < -0.3 is 10.6 Å². The molecule has 0 aliphatic rings. The van der Waals surface area contributed by atoms with E-state index in [-0.39, 0.29) is 11.3 Å². The number of carbonyl (C=O) groups is 1. The highest BCUT2D eigenvalue weighted by atomic mass is 16.1. The van der Waals surface area contributed by atoms with Crippen molar-refractivity contribution >= 4 is 17.4 Å². The molecule has 0 saturated carbocycles. The van der Waals surface area contributed by atoms with Crippen molar-refractivity contribution in [2.75, 3.05) is 5.32 Å². The lowest BCUT2D eigenvalue weighted by Gasteiger charge is -2.19. The van der Waals surface area contributed by atoms with Crippen LogP contribution in [0, 0.1) is 0 Å². The number of pyridine rings is 1. The number of amides is 1. The first kappa shape index (κ1) is 18.6. The Kier molecular flexibility index (Phi) is 5.55. The maximum absolute atomic E-state index is 12.2. The molecule has 0 atom stereocenters. The summed E-state index contributed by atoms with van der Waals surface area (Å²) in [6.45, 7) is 7.08. The molecule has 0 aliphatic carbocycles. The van der Waals surface area contributed by atoms with E-state index in [2.05, 4.69) is 48.5 Å². The molecule has 2 aromatic carbocycles. The number of nitrogens with one attached hydrogen (secondary N) is 2. The summed E-state index contributed by atoms with van der Waals surface area (Å²) >= 11 is 0. The van der Waals surface area contributed by atoms with Crippen LogP contribution in [0.3, 0.4) is 0 Å². The minimum atomic E-state index is -0.132. The third kappa shape index (κ3) is 5.17. The van der Waals surface area contributed by atoms with E-state index in [1.54, 1.807) is 12.3 Å². The standard InChI is InChI=1S/C23H25N3O/c1-23(2,3)19-10-12-20(13-11-19)26-21-14-9-18(16-24-21)22(27)25-15-17-7-5-4-6-8-17/h4-14,16H,15H2,1-3H3,(H,24,26)(H,25,27). The summed E-state index contributed by atoms with van der Waals surface area (Å²) in [6.07, 6.45) is 1.59. The summed E-state index contributed by atoms with van der Waals surface area (Å²) in [4.78, 5) is 16.6. The normalized spacial score (nSPS) is 11.1. The second-order valence-electron chi connectivity index (χ2n) is 7.55. The first-order valence-corrected chi connectivity index (χ1v) is 9.07. The predicted octanol–water partition coefficient (Wildman–Crippen LogP) is 5.05. The number of benzene rings is 2. The summed E-state index contributed by atoms with van der Waals surface area (Å²) in [7, 11) is 0. The molecule has 0 bridgehead atoms. The van der Waals surface area contributed by atoms with Crippen molar-refractivity contribution in [2.24, 2.45) is 0 Å². The van der Waals surface area contributed by atoms with E-state index in [0.717, 1.165) is 11.3 Å². The summed E-state index contributed by atoms with van der Waals surface area (Å²) < 4.78 is 0. The van der Waals surface area contributed by atoms with Crippen LogP contribution in [-0.4, -0.2) is 10.9 Å². The van der Waals surface area contributed by atoms with Crippen LogP contribution in [0.15, 0.2) is 72.9 Å². The van der Waals surface area contributed by atoms with Crippen molar-refractivity contribution in [3.05, 3.63) is 89.6 Å². The van der Waals surface area contributed by atoms with E-state index in [4.69, 9.17) is 0 Å². The zero-order valence-corrected chi connectivity index (χ0v) is 16.0. The molecule has 3 aromatic rings. The second kappa shape index (κ2) is 8.04. The van der Waals surface area contributed by atoms with Crippen molar-refractivity contribution in [1.82, 2.24) is 10.3 Å². The predicted molar refractivity (Wildman–Crippen MR) is 110 cm³/mol. The van der Waals surface area contributed by atoms with Crippen molar-refractivity contribution in [2.45, 2.75) is 32.7 Å². The smallest absolute Gasteiger partial charge is 0.253 e. The molecule has 1 heterocycles. The van der Waals surface area contributed by atoms with Gasteiger partial charge in [0, 0.05) is 18.4 Å². The quantitative estimate of drug-likeness (QED) is 0.670. The van der Waals surface area contributed by atoms with Crippen molar-refractivity contribution in [1.29, 1.82) is 0 Å². The van der Waals surface area contributed by atoms with Gasteiger partial charge in [0.15, 0.2) is 0 Å². The molecule has 3 rings (SSSR count). The lowest BCUT2D eigenvalue weighted by Crippen LogP contribution is -2.22. The van der Waals surface area contributed by atoms with Gasteiger partial charge in [0.1, 0.15) is 5.82 Å². The Labute approximate surface area is 160 Å². The Morgan fingerprint density at radius 1 is 0.926 bits per heavy atom. The highest BCUT2D eigenvalue weighted by molar-refractivity contribution is 5.94. The first-order valence-electron chi connectivity index (χ1n) is 9.07. The SMILES string of the molecule is CC(C)(C)c1ccc(Nc2ccc(C(=O)NCc3ccccc3)cn2)cc1. The maximum Gasteiger partial charge on any atom is 0.253 e. The average molecular weight is 359 g/mol. The van der Waals surface area contributed by atoms with Crippen LogP contribution in [0.4, 0.5) is 11.5 Å². The van der Waals surface area contributed by atoms with Crippen LogP contribution in [-0.2, 0) is 12.0 Å². The van der Waals surface area contributed by atoms with E-state index in [9.17, 15) is 4.79 Å². The van der Waals surface area contributed by atoms with Gasteiger partial charge in [-0.2, -0.15) is 0 Å². The molecule has 27 heavy (non-hydrogen) atoms. The minimum Gasteiger partial charge on any atom is -0.348 e. The fraction of sp³-hybridized carbons (Fsp3) is 0.217. The topological polar surface area (TPSA) is 54.0 Å². The molecule has 0 saturated heterocycles. The highest BCUT2D eigenvalue weighted by Gasteiger charge is 2.13. The fourth-order valence-corrected chi connectivity index (χ4v) is 2.68. The molecule has 4 nitrogen and oxygen atoms in total. The lowest BCUT2D eigenvalue weighted by atomic mass is 9.87. The first-order chi connectivity index (χ1) is 12.9. The number of anilines is 2. The number of hydrogen-bond donors (Lipinski definition) is 2. The van der Waals surface area contributed by atoms with E-state index in [1.165, 1.54) is 5.56 Å². The minimum absolute atomic E-state index is 0.130. The van der Waals surface area contributed by atoms with Gasteiger partial charge in [-0.25, -0.2) is 4.98 Å². The number of hydrogen-bond acceptors (Lipinski definition) is 3. The molecule has 1 amide bonds. The maximum atomic E-state index is 12.2. The second-order valence-corrected chi connectivity index (χ2v) is 7.55. The van der Waals surface area contributed by atoms with Crippen molar-refractivity contribution in [3.8, 4) is 0 Å². The molecule has 138 valence electrons.